The van der Waals surface area contributed by atoms with E-state index in [0.717, 1.165) is 0 Å². The summed E-state index contributed by atoms with van der Waals surface area (Å²) in [7, 11) is 0. The first-order valence-corrected chi connectivity index (χ1v) is 7.78. The maximum Gasteiger partial charge on any atom is 0.256 e. The molecule has 0 spiro atoms. The van der Waals surface area contributed by atoms with Crippen molar-refractivity contribution in [2.45, 2.75) is 26.8 Å². The summed E-state index contributed by atoms with van der Waals surface area (Å²) < 4.78 is 42.9. The predicted molar refractivity (Wildman–Crippen MR) is 89.4 cm³/mol. The van der Waals surface area contributed by atoms with E-state index >= 15 is 0 Å². The number of aryl methyl sites for hydroxylation is 2. The molecule has 0 radical (unpaired) electrons. The molecule has 0 aromatic carbocycles. The Kier molecular flexibility index (Phi) is 3.56. The molecule has 0 amide bonds. The highest BCUT2D eigenvalue weighted by Gasteiger charge is 2.20. The van der Waals surface area contributed by atoms with Gasteiger partial charge in [-0.15, -0.1) is 0 Å². The summed E-state index contributed by atoms with van der Waals surface area (Å²) in [5.74, 6) is 0.326. The molecule has 7 nitrogen and oxygen atoms in total. The van der Waals surface area contributed by atoms with E-state index < -0.39 is 18.8 Å². The number of hydrogen-bond donors (Lipinski definition) is 1. The molecule has 0 aliphatic heterocycles. The Hall–Kier alpha value is -3.17. The Balaban J connectivity index is 1.98. The first-order valence-electron chi connectivity index (χ1n) is 7.78. The molecule has 4 aromatic heterocycles. The van der Waals surface area contributed by atoms with Gasteiger partial charge in [-0.25, -0.2) is 32.6 Å². The van der Waals surface area contributed by atoms with Crippen LogP contribution in [0.15, 0.2) is 18.3 Å². The van der Waals surface area contributed by atoms with Gasteiger partial charge in [0.25, 0.3) is 6.43 Å². The number of imidazole rings is 1. The summed E-state index contributed by atoms with van der Waals surface area (Å²) in [5.41, 5.74) is 7.28. The SMILES string of the molecule is Cc1nc(N)c2c(-c3ccc4nc(C)n(CC(F)F)c4n3)c(F)cn2n1. The highest BCUT2D eigenvalue weighted by molar-refractivity contribution is 5.88. The second-order valence-corrected chi connectivity index (χ2v) is 5.89. The van der Waals surface area contributed by atoms with Gasteiger partial charge < -0.3 is 10.3 Å². The first-order chi connectivity index (χ1) is 12.3. The maximum absolute atomic E-state index is 14.6. The molecule has 0 aliphatic rings. The number of nitrogens with zero attached hydrogens (tertiary/aromatic N) is 6. The summed E-state index contributed by atoms with van der Waals surface area (Å²) in [6.07, 6.45) is -1.38. The molecular weight excluding hydrogens is 347 g/mol. The minimum Gasteiger partial charge on any atom is -0.382 e. The quantitative estimate of drug-likeness (QED) is 0.606. The zero-order valence-electron chi connectivity index (χ0n) is 13.9. The monoisotopic (exact) mass is 361 g/mol. The van der Waals surface area contributed by atoms with Crippen molar-refractivity contribution in [3.8, 4) is 11.3 Å². The van der Waals surface area contributed by atoms with Crippen LogP contribution in [0.3, 0.4) is 0 Å². The third-order valence-electron chi connectivity index (χ3n) is 4.08. The molecule has 4 heterocycles. The fourth-order valence-electron chi connectivity index (χ4n) is 3.05. The average molecular weight is 361 g/mol. The fraction of sp³-hybridized carbons (Fsp3) is 0.250. The van der Waals surface area contributed by atoms with Gasteiger partial charge in [0.1, 0.15) is 22.7 Å². The number of nitrogens with two attached hydrogens (primary N) is 1. The van der Waals surface area contributed by atoms with E-state index in [4.69, 9.17) is 5.73 Å². The van der Waals surface area contributed by atoms with E-state index in [1.807, 2.05) is 0 Å². The lowest BCUT2D eigenvalue weighted by atomic mass is 10.1. The van der Waals surface area contributed by atoms with Crippen LogP contribution in [0.25, 0.3) is 27.9 Å². The Morgan fingerprint density at radius 2 is 1.92 bits per heavy atom. The number of rotatable bonds is 3. The van der Waals surface area contributed by atoms with Crippen LogP contribution in [0.5, 0.6) is 0 Å². The van der Waals surface area contributed by atoms with Crippen LogP contribution >= 0.6 is 0 Å². The topological polar surface area (TPSA) is 86.9 Å². The van der Waals surface area contributed by atoms with Gasteiger partial charge in [0.15, 0.2) is 17.3 Å². The molecule has 134 valence electrons. The van der Waals surface area contributed by atoms with E-state index in [1.165, 1.54) is 15.3 Å². The Morgan fingerprint density at radius 1 is 1.15 bits per heavy atom. The molecule has 4 aromatic rings. The molecular formula is C16H14F3N7. The van der Waals surface area contributed by atoms with Crippen molar-refractivity contribution in [1.29, 1.82) is 0 Å². The number of nitrogen functional groups attached to an aromatic ring is 1. The molecule has 2 N–H and O–H groups in total. The number of anilines is 1. The molecule has 26 heavy (non-hydrogen) atoms. The summed E-state index contributed by atoms with van der Waals surface area (Å²) >= 11 is 0. The lowest BCUT2D eigenvalue weighted by molar-refractivity contribution is 0.127. The van der Waals surface area contributed by atoms with Crippen LogP contribution in [-0.4, -0.2) is 35.6 Å². The van der Waals surface area contributed by atoms with Crippen LogP contribution in [0.4, 0.5) is 19.0 Å². The standard InChI is InChI=1S/C16H14F3N7/c1-7-21-15(20)14-13(9(17)5-26(14)24-7)10-3-4-11-16(23-10)25(6-12(18)19)8(2)22-11/h3-5,12H,6H2,1-2H3,(H2,20,21,24). The largest absolute Gasteiger partial charge is 0.382 e. The third-order valence-corrected chi connectivity index (χ3v) is 4.08. The minimum absolute atomic E-state index is 0.107. The van der Waals surface area contributed by atoms with Crippen molar-refractivity contribution in [2.24, 2.45) is 0 Å². The van der Waals surface area contributed by atoms with Crippen molar-refractivity contribution in [2.75, 3.05) is 5.73 Å². The van der Waals surface area contributed by atoms with Crippen LogP contribution in [0.2, 0.25) is 0 Å². The Morgan fingerprint density at radius 3 is 2.65 bits per heavy atom. The van der Waals surface area contributed by atoms with Crippen LogP contribution in [-0.2, 0) is 6.54 Å². The highest BCUT2D eigenvalue weighted by Crippen LogP contribution is 2.31. The third kappa shape index (κ3) is 2.45. The average Bonchev–Trinajstić information content (AvgIpc) is 3.03. The highest BCUT2D eigenvalue weighted by atomic mass is 19.3. The normalized spacial score (nSPS) is 11.9. The van der Waals surface area contributed by atoms with Crippen molar-refractivity contribution in [3.63, 3.8) is 0 Å². The molecule has 0 unspecified atom stereocenters. The van der Waals surface area contributed by atoms with E-state index in [2.05, 4.69) is 20.1 Å². The maximum atomic E-state index is 14.6. The fourth-order valence-corrected chi connectivity index (χ4v) is 3.05. The molecule has 0 aliphatic carbocycles. The molecule has 0 bridgehead atoms. The Bertz CT molecular complexity index is 1150. The van der Waals surface area contributed by atoms with Gasteiger partial charge >= 0.3 is 0 Å². The number of aromatic nitrogens is 6. The summed E-state index contributed by atoms with van der Waals surface area (Å²) in [6.45, 7) is 2.72. The van der Waals surface area contributed by atoms with Crippen molar-refractivity contribution in [1.82, 2.24) is 29.1 Å². The number of alkyl halides is 2. The second kappa shape index (κ2) is 5.68. The zero-order chi connectivity index (χ0) is 18.6. The summed E-state index contributed by atoms with van der Waals surface area (Å²) in [4.78, 5) is 12.6. The van der Waals surface area contributed by atoms with Gasteiger partial charge in [-0.3, -0.25) is 0 Å². The number of halogens is 3. The van der Waals surface area contributed by atoms with Crippen LogP contribution in [0.1, 0.15) is 11.6 Å². The van der Waals surface area contributed by atoms with Crippen molar-refractivity contribution < 1.29 is 13.2 Å². The summed E-state index contributed by atoms with van der Waals surface area (Å²) in [6, 6.07) is 3.18. The van der Waals surface area contributed by atoms with Gasteiger partial charge in [0.05, 0.1) is 24.0 Å². The van der Waals surface area contributed by atoms with Gasteiger partial charge in [-0.1, -0.05) is 0 Å². The van der Waals surface area contributed by atoms with Gasteiger partial charge in [-0.05, 0) is 26.0 Å². The Labute approximate surface area is 145 Å². The molecule has 4 rings (SSSR count). The molecule has 0 saturated heterocycles. The smallest absolute Gasteiger partial charge is 0.256 e. The van der Waals surface area contributed by atoms with E-state index in [1.54, 1.807) is 26.0 Å². The number of pyridine rings is 1. The number of fused-ring (bicyclic) bond motifs is 2. The summed E-state index contributed by atoms with van der Waals surface area (Å²) in [5, 5.41) is 4.11. The molecule has 0 saturated carbocycles. The second-order valence-electron chi connectivity index (χ2n) is 5.89. The van der Waals surface area contributed by atoms with Gasteiger partial charge in [0.2, 0.25) is 0 Å². The molecule has 0 atom stereocenters. The van der Waals surface area contributed by atoms with Gasteiger partial charge in [0, 0.05) is 0 Å². The van der Waals surface area contributed by atoms with Crippen LogP contribution in [0, 0.1) is 19.7 Å². The van der Waals surface area contributed by atoms with Crippen LogP contribution < -0.4 is 5.73 Å². The van der Waals surface area contributed by atoms with Crippen molar-refractivity contribution >= 4 is 22.5 Å². The van der Waals surface area contributed by atoms with E-state index in [9.17, 15) is 13.2 Å². The van der Waals surface area contributed by atoms with E-state index in [-0.39, 0.29) is 28.2 Å². The van der Waals surface area contributed by atoms with E-state index in [0.29, 0.717) is 17.2 Å². The molecule has 10 heteroatoms. The predicted octanol–water partition coefficient (Wildman–Crippen LogP) is 2.74. The molecule has 0 fully saturated rings. The zero-order valence-corrected chi connectivity index (χ0v) is 13.9. The lowest BCUT2D eigenvalue weighted by Crippen LogP contribution is -2.09. The van der Waals surface area contributed by atoms with Gasteiger partial charge in [-0.2, -0.15) is 5.10 Å². The minimum atomic E-state index is -2.56. The lowest BCUT2D eigenvalue weighted by Gasteiger charge is -2.07. The first kappa shape index (κ1) is 16.3. The van der Waals surface area contributed by atoms with Crippen molar-refractivity contribution in [3.05, 3.63) is 35.8 Å². The number of hydrogen-bond acceptors (Lipinski definition) is 5.